The number of nitrogens with zero attached hydrogens (tertiary/aromatic N) is 2. The molecule has 0 saturated carbocycles. The van der Waals surface area contributed by atoms with Crippen molar-refractivity contribution in [2.24, 2.45) is 5.73 Å². The van der Waals surface area contributed by atoms with E-state index in [1.807, 2.05) is 24.3 Å². The molecule has 100 valence electrons. The van der Waals surface area contributed by atoms with Gasteiger partial charge in [-0.05, 0) is 17.7 Å². The molecule has 1 saturated heterocycles. The number of hydrogen-bond donors (Lipinski definition) is 1. The maximum Gasteiger partial charge on any atom is 0.258 e. The SMILES string of the molecule is NCc1ccc(-c2nc(C3COCCO3)no2)cc1. The van der Waals surface area contributed by atoms with Crippen molar-refractivity contribution in [3.63, 3.8) is 0 Å². The Hall–Kier alpha value is -1.76. The lowest BCUT2D eigenvalue weighted by atomic mass is 10.1. The Balaban J connectivity index is 1.79. The zero-order valence-corrected chi connectivity index (χ0v) is 10.4. The Bertz CT molecular complexity index is 532. The van der Waals surface area contributed by atoms with E-state index >= 15 is 0 Å². The second kappa shape index (κ2) is 5.48. The third-order valence-electron chi connectivity index (χ3n) is 2.98. The van der Waals surface area contributed by atoms with Gasteiger partial charge in [0.05, 0.1) is 19.8 Å². The summed E-state index contributed by atoms with van der Waals surface area (Å²) in [6, 6.07) is 7.72. The van der Waals surface area contributed by atoms with E-state index in [4.69, 9.17) is 19.7 Å². The third-order valence-corrected chi connectivity index (χ3v) is 2.98. The average molecular weight is 261 g/mol. The molecule has 1 aromatic carbocycles. The van der Waals surface area contributed by atoms with Gasteiger partial charge in [-0.3, -0.25) is 0 Å². The highest BCUT2D eigenvalue weighted by Crippen LogP contribution is 2.22. The first kappa shape index (κ1) is 12.3. The molecule has 19 heavy (non-hydrogen) atoms. The molecule has 1 atom stereocenters. The Kier molecular flexibility index (Phi) is 3.54. The van der Waals surface area contributed by atoms with Crippen LogP contribution in [-0.4, -0.2) is 30.0 Å². The van der Waals surface area contributed by atoms with E-state index in [2.05, 4.69) is 10.1 Å². The first-order valence-corrected chi connectivity index (χ1v) is 6.19. The zero-order chi connectivity index (χ0) is 13.1. The molecule has 6 nitrogen and oxygen atoms in total. The summed E-state index contributed by atoms with van der Waals surface area (Å²) in [5.74, 6) is 1.00. The highest BCUT2D eigenvalue weighted by molar-refractivity contribution is 5.53. The van der Waals surface area contributed by atoms with E-state index in [-0.39, 0.29) is 6.10 Å². The summed E-state index contributed by atoms with van der Waals surface area (Å²) in [4.78, 5) is 4.35. The lowest BCUT2D eigenvalue weighted by molar-refractivity contribution is -0.0941. The molecule has 6 heteroatoms. The van der Waals surface area contributed by atoms with Crippen LogP contribution in [0.25, 0.3) is 11.5 Å². The highest BCUT2D eigenvalue weighted by atomic mass is 16.6. The summed E-state index contributed by atoms with van der Waals surface area (Å²) in [5, 5.41) is 3.94. The monoisotopic (exact) mass is 261 g/mol. The first-order valence-electron chi connectivity index (χ1n) is 6.19. The van der Waals surface area contributed by atoms with Gasteiger partial charge in [0.25, 0.3) is 5.89 Å². The van der Waals surface area contributed by atoms with Crippen LogP contribution in [0.5, 0.6) is 0 Å². The van der Waals surface area contributed by atoms with E-state index in [0.29, 0.717) is 38.1 Å². The van der Waals surface area contributed by atoms with Crippen LogP contribution in [-0.2, 0) is 16.0 Å². The average Bonchev–Trinajstić information content (AvgIpc) is 2.98. The minimum atomic E-state index is -0.241. The van der Waals surface area contributed by atoms with E-state index in [0.717, 1.165) is 11.1 Å². The smallest absolute Gasteiger partial charge is 0.258 e. The van der Waals surface area contributed by atoms with Crippen LogP contribution < -0.4 is 5.73 Å². The second-order valence-corrected chi connectivity index (χ2v) is 4.29. The van der Waals surface area contributed by atoms with Crippen molar-refractivity contribution in [1.29, 1.82) is 0 Å². The fraction of sp³-hybridized carbons (Fsp3) is 0.385. The van der Waals surface area contributed by atoms with E-state index in [1.165, 1.54) is 0 Å². The second-order valence-electron chi connectivity index (χ2n) is 4.29. The molecule has 1 aliphatic heterocycles. The van der Waals surface area contributed by atoms with Gasteiger partial charge in [-0.1, -0.05) is 17.3 Å². The van der Waals surface area contributed by atoms with Gasteiger partial charge < -0.3 is 19.7 Å². The van der Waals surface area contributed by atoms with E-state index in [1.54, 1.807) is 0 Å². The number of aromatic nitrogens is 2. The number of benzene rings is 1. The van der Waals surface area contributed by atoms with Crippen LogP contribution in [0.2, 0.25) is 0 Å². The van der Waals surface area contributed by atoms with Crippen molar-refractivity contribution in [2.75, 3.05) is 19.8 Å². The Morgan fingerprint density at radius 3 is 2.74 bits per heavy atom. The molecule has 1 fully saturated rings. The van der Waals surface area contributed by atoms with Crippen LogP contribution in [0.3, 0.4) is 0 Å². The predicted molar refractivity (Wildman–Crippen MR) is 67.1 cm³/mol. The summed E-state index contributed by atoms with van der Waals surface area (Å²) in [6.45, 7) is 2.15. The predicted octanol–water partition coefficient (Wildman–Crippen LogP) is 1.28. The molecule has 0 aliphatic carbocycles. The summed E-state index contributed by atoms with van der Waals surface area (Å²) >= 11 is 0. The van der Waals surface area contributed by atoms with Gasteiger partial charge in [0.1, 0.15) is 6.10 Å². The normalized spacial score (nSPS) is 19.5. The molecule has 1 aliphatic rings. The van der Waals surface area contributed by atoms with Gasteiger partial charge in [0.2, 0.25) is 5.82 Å². The van der Waals surface area contributed by atoms with Crippen LogP contribution in [0, 0.1) is 0 Å². The first-order chi connectivity index (χ1) is 9.36. The summed E-state index contributed by atoms with van der Waals surface area (Å²) in [7, 11) is 0. The fourth-order valence-corrected chi connectivity index (χ4v) is 1.90. The van der Waals surface area contributed by atoms with Gasteiger partial charge >= 0.3 is 0 Å². The minimum absolute atomic E-state index is 0.241. The number of hydrogen-bond acceptors (Lipinski definition) is 6. The molecule has 0 amide bonds. The maximum atomic E-state index is 5.56. The van der Waals surface area contributed by atoms with Crippen LogP contribution in [0.15, 0.2) is 28.8 Å². The van der Waals surface area contributed by atoms with Crippen molar-refractivity contribution in [3.05, 3.63) is 35.7 Å². The van der Waals surface area contributed by atoms with Gasteiger partial charge in [0.15, 0.2) is 0 Å². The number of ether oxygens (including phenoxy) is 2. The maximum absolute atomic E-state index is 5.56. The van der Waals surface area contributed by atoms with E-state index in [9.17, 15) is 0 Å². The number of rotatable bonds is 3. The van der Waals surface area contributed by atoms with Crippen molar-refractivity contribution in [3.8, 4) is 11.5 Å². The lowest BCUT2D eigenvalue weighted by Crippen LogP contribution is -2.22. The molecule has 0 radical (unpaired) electrons. The molecule has 1 aromatic heterocycles. The Morgan fingerprint density at radius 1 is 1.21 bits per heavy atom. The summed E-state index contributed by atoms with van der Waals surface area (Å²) in [6.07, 6.45) is -0.241. The molecule has 2 heterocycles. The molecule has 1 unspecified atom stereocenters. The van der Waals surface area contributed by atoms with Crippen molar-refractivity contribution < 1.29 is 14.0 Å². The van der Waals surface area contributed by atoms with Gasteiger partial charge in [-0.15, -0.1) is 0 Å². The van der Waals surface area contributed by atoms with Crippen LogP contribution in [0.4, 0.5) is 0 Å². The molecule has 0 spiro atoms. The quantitative estimate of drug-likeness (QED) is 0.896. The van der Waals surface area contributed by atoms with Crippen LogP contribution in [0.1, 0.15) is 17.5 Å². The molecule has 3 rings (SSSR count). The highest BCUT2D eigenvalue weighted by Gasteiger charge is 2.22. The number of nitrogens with two attached hydrogens (primary N) is 1. The molecule has 2 N–H and O–H groups in total. The standard InChI is InChI=1S/C13H15N3O3/c14-7-9-1-3-10(4-2-9)13-15-12(16-19-13)11-8-17-5-6-18-11/h1-4,11H,5-8,14H2. The van der Waals surface area contributed by atoms with Crippen molar-refractivity contribution in [1.82, 2.24) is 10.1 Å². The summed E-state index contributed by atoms with van der Waals surface area (Å²) < 4.78 is 16.1. The lowest BCUT2D eigenvalue weighted by Gasteiger charge is -2.19. The van der Waals surface area contributed by atoms with Crippen molar-refractivity contribution in [2.45, 2.75) is 12.6 Å². The minimum Gasteiger partial charge on any atom is -0.376 e. The third kappa shape index (κ3) is 2.65. The van der Waals surface area contributed by atoms with Crippen LogP contribution >= 0.6 is 0 Å². The molecule has 2 aromatic rings. The molecular weight excluding hydrogens is 246 g/mol. The molecular formula is C13H15N3O3. The Labute approximate surface area is 110 Å². The van der Waals surface area contributed by atoms with Gasteiger partial charge in [-0.25, -0.2) is 0 Å². The van der Waals surface area contributed by atoms with Gasteiger partial charge in [0, 0.05) is 12.1 Å². The fourth-order valence-electron chi connectivity index (χ4n) is 1.90. The van der Waals surface area contributed by atoms with Gasteiger partial charge in [-0.2, -0.15) is 4.98 Å². The van der Waals surface area contributed by atoms with Crippen molar-refractivity contribution >= 4 is 0 Å². The molecule has 0 bridgehead atoms. The largest absolute Gasteiger partial charge is 0.376 e. The van der Waals surface area contributed by atoms with E-state index < -0.39 is 0 Å². The topological polar surface area (TPSA) is 83.4 Å². The Morgan fingerprint density at radius 2 is 2.05 bits per heavy atom. The zero-order valence-electron chi connectivity index (χ0n) is 10.4. The summed E-state index contributed by atoms with van der Waals surface area (Å²) in [5.41, 5.74) is 7.49.